The lowest BCUT2D eigenvalue weighted by molar-refractivity contribution is 0.0706. The predicted octanol–water partition coefficient (Wildman–Crippen LogP) is 3.66. The minimum atomic E-state index is 0.0367. The van der Waals surface area contributed by atoms with E-state index < -0.39 is 0 Å². The maximum atomic E-state index is 13.0. The summed E-state index contributed by atoms with van der Waals surface area (Å²) in [5.41, 5.74) is 3.88. The van der Waals surface area contributed by atoms with E-state index in [4.69, 9.17) is 21.6 Å². The number of piperidine rings is 1. The monoisotopic (exact) mass is 438 g/mol. The Bertz CT molecular complexity index is 1130. The summed E-state index contributed by atoms with van der Waals surface area (Å²) < 4.78 is 0. The first-order valence-electron chi connectivity index (χ1n) is 10.9. The first-order valence-corrected chi connectivity index (χ1v) is 11.2. The van der Waals surface area contributed by atoms with Crippen molar-refractivity contribution in [1.29, 1.82) is 0 Å². The van der Waals surface area contributed by atoms with E-state index in [1.165, 1.54) is 5.56 Å². The quantitative estimate of drug-likeness (QED) is 0.652. The van der Waals surface area contributed by atoms with E-state index >= 15 is 0 Å². The third-order valence-electron chi connectivity index (χ3n) is 6.47. The molecule has 0 unspecified atom stereocenters. The zero-order chi connectivity index (χ0) is 21.5. The van der Waals surface area contributed by atoms with E-state index in [0.29, 0.717) is 23.8 Å². The van der Waals surface area contributed by atoms with Crippen LogP contribution in [0.3, 0.4) is 0 Å². The molecule has 8 heteroatoms. The fourth-order valence-corrected chi connectivity index (χ4v) is 4.87. The molecule has 0 bridgehead atoms. The first kappa shape index (κ1) is 20.3. The molecule has 4 heterocycles. The molecule has 0 aliphatic carbocycles. The van der Waals surface area contributed by atoms with Crippen LogP contribution in [0.4, 0.5) is 5.82 Å². The summed E-state index contributed by atoms with van der Waals surface area (Å²) in [7, 11) is 4.06. The van der Waals surface area contributed by atoms with E-state index in [2.05, 4.69) is 22.2 Å². The highest BCUT2D eigenvalue weighted by Gasteiger charge is 2.29. The highest BCUT2D eigenvalue weighted by molar-refractivity contribution is 6.31. The summed E-state index contributed by atoms with van der Waals surface area (Å²) in [6, 6.07) is 7.53. The van der Waals surface area contributed by atoms with Gasteiger partial charge in [-0.1, -0.05) is 17.7 Å². The van der Waals surface area contributed by atoms with Crippen LogP contribution in [-0.2, 0) is 13.0 Å². The van der Waals surface area contributed by atoms with E-state index in [1.807, 2.05) is 36.2 Å². The van der Waals surface area contributed by atoms with Crippen molar-refractivity contribution in [3.63, 3.8) is 0 Å². The summed E-state index contributed by atoms with van der Waals surface area (Å²) in [6.07, 6.45) is 2.72. The number of H-pyrrole nitrogens is 1. The second kappa shape index (κ2) is 8.13. The molecular formula is C23H27ClN6O. The van der Waals surface area contributed by atoms with Gasteiger partial charge in [0.2, 0.25) is 0 Å². The molecule has 5 rings (SSSR count). The van der Waals surface area contributed by atoms with Crippen LogP contribution in [0, 0.1) is 0 Å². The number of likely N-dealkylation sites (tertiary alicyclic amines) is 1. The van der Waals surface area contributed by atoms with Crippen molar-refractivity contribution in [2.24, 2.45) is 0 Å². The molecule has 1 aromatic carbocycles. The van der Waals surface area contributed by atoms with Gasteiger partial charge in [0.1, 0.15) is 17.3 Å². The number of fused-ring (bicyclic) bond motifs is 2. The van der Waals surface area contributed by atoms with E-state index in [-0.39, 0.29) is 11.8 Å². The number of rotatable bonds is 3. The molecule has 0 atom stereocenters. The summed E-state index contributed by atoms with van der Waals surface area (Å²) in [5.74, 6) is 2.18. The van der Waals surface area contributed by atoms with Gasteiger partial charge in [0.25, 0.3) is 5.91 Å². The van der Waals surface area contributed by atoms with E-state index in [1.54, 1.807) is 0 Å². The standard InChI is InChI=1S/C23H27ClN6O/c1-25-22-17-7-8-29(2)13-20(17)27-21(28-22)14-5-9-30(10-6-14)23(31)19-11-15-3-4-16(24)12-18(15)26-19/h3-4,11-12,14,26H,5-10,13H2,1-2H3,(H,25,27,28). The third kappa shape index (κ3) is 3.88. The summed E-state index contributed by atoms with van der Waals surface area (Å²) in [6.45, 7) is 3.30. The average Bonchev–Trinajstić information content (AvgIpc) is 3.20. The fourth-order valence-electron chi connectivity index (χ4n) is 4.70. The Kier molecular flexibility index (Phi) is 5.32. The third-order valence-corrected chi connectivity index (χ3v) is 6.71. The van der Waals surface area contributed by atoms with Crippen molar-refractivity contribution in [3.05, 3.63) is 52.1 Å². The van der Waals surface area contributed by atoms with Crippen LogP contribution < -0.4 is 5.32 Å². The number of nitrogens with zero attached hydrogens (tertiary/aromatic N) is 4. The van der Waals surface area contributed by atoms with Gasteiger partial charge in [0, 0.05) is 60.6 Å². The molecule has 1 amide bonds. The fraction of sp³-hybridized carbons (Fsp3) is 0.435. The zero-order valence-electron chi connectivity index (χ0n) is 17.9. The Labute approximate surface area is 186 Å². The number of benzene rings is 1. The normalized spacial score (nSPS) is 17.7. The van der Waals surface area contributed by atoms with Crippen LogP contribution >= 0.6 is 11.6 Å². The van der Waals surface area contributed by atoms with Gasteiger partial charge in [0.05, 0.1) is 5.69 Å². The van der Waals surface area contributed by atoms with Gasteiger partial charge in [-0.15, -0.1) is 0 Å². The number of aromatic nitrogens is 3. The number of likely N-dealkylation sites (N-methyl/N-ethyl adjacent to an activating group) is 1. The second-order valence-corrected chi connectivity index (χ2v) is 9.01. The summed E-state index contributed by atoms with van der Waals surface area (Å²) in [5, 5.41) is 4.92. The lowest BCUT2D eigenvalue weighted by Crippen LogP contribution is -2.38. The van der Waals surface area contributed by atoms with Gasteiger partial charge >= 0.3 is 0 Å². The van der Waals surface area contributed by atoms with Crippen LogP contribution in [0.15, 0.2) is 24.3 Å². The van der Waals surface area contributed by atoms with Crippen LogP contribution in [0.5, 0.6) is 0 Å². The van der Waals surface area contributed by atoms with Crippen LogP contribution in [0.2, 0.25) is 5.02 Å². The summed E-state index contributed by atoms with van der Waals surface area (Å²) >= 11 is 6.07. The molecule has 0 spiro atoms. The Morgan fingerprint density at radius 3 is 2.77 bits per heavy atom. The van der Waals surface area contributed by atoms with Crippen molar-refractivity contribution in [1.82, 2.24) is 24.8 Å². The Morgan fingerprint density at radius 2 is 2.00 bits per heavy atom. The maximum Gasteiger partial charge on any atom is 0.270 e. The van der Waals surface area contributed by atoms with Gasteiger partial charge in [-0.2, -0.15) is 0 Å². The molecule has 162 valence electrons. The van der Waals surface area contributed by atoms with E-state index in [9.17, 15) is 4.79 Å². The topological polar surface area (TPSA) is 77.1 Å². The number of halogens is 1. The molecule has 1 fully saturated rings. The molecule has 2 N–H and O–H groups in total. The summed E-state index contributed by atoms with van der Waals surface area (Å²) in [4.78, 5) is 30.3. The maximum absolute atomic E-state index is 13.0. The molecule has 0 radical (unpaired) electrons. The first-order chi connectivity index (χ1) is 15.0. The molecule has 0 saturated carbocycles. The number of hydrogen-bond donors (Lipinski definition) is 2. The molecule has 2 aromatic heterocycles. The van der Waals surface area contributed by atoms with Crippen molar-refractivity contribution >= 4 is 34.2 Å². The number of hydrogen-bond acceptors (Lipinski definition) is 5. The predicted molar refractivity (Wildman–Crippen MR) is 123 cm³/mol. The van der Waals surface area contributed by atoms with Crippen molar-refractivity contribution in [3.8, 4) is 0 Å². The van der Waals surface area contributed by atoms with Gasteiger partial charge < -0.3 is 20.1 Å². The molecule has 3 aromatic rings. The number of carbonyl (C=O) groups is 1. The van der Waals surface area contributed by atoms with Gasteiger partial charge in [0.15, 0.2) is 0 Å². The minimum absolute atomic E-state index is 0.0367. The lowest BCUT2D eigenvalue weighted by Gasteiger charge is -2.32. The SMILES string of the molecule is CNc1nc(C2CCN(C(=O)c3cc4ccc(Cl)cc4[nH]3)CC2)nc2c1CCN(C)C2. The highest BCUT2D eigenvalue weighted by Crippen LogP contribution is 2.31. The lowest BCUT2D eigenvalue weighted by atomic mass is 9.95. The Balaban J connectivity index is 1.31. The van der Waals surface area contributed by atoms with Gasteiger partial charge in [-0.05, 0) is 44.5 Å². The van der Waals surface area contributed by atoms with Crippen molar-refractivity contribution in [2.45, 2.75) is 31.7 Å². The molecule has 2 aliphatic rings. The average molecular weight is 439 g/mol. The Hall–Kier alpha value is -2.64. The highest BCUT2D eigenvalue weighted by atomic mass is 35.5. The second-order valence-electron chi connectivity index (χ2n) is 8.57. The Morgan fingerprint density at radius 1 is 1.19 bits per heavy atom. The number of carbonyl (C=O) groups excluding carboxylic acids is 1. The molecule has 2 aliphatic heterocycles. The number of aromatic amines is 1. The van der Waals surface area contributed by atoms with Crippen LogP contribution in [0.25, 0.3) is 10.9 Å². The number of nitrogens with one attached hydrogen (secondary N) is 2. The number of anilines is 1. The molecule has 31 heavy (non-hydrogen) atoms. The largest absolute Gasteiger partial charge is 0.373 e. The van der Waals surface area contributed by atoms with Gasteiger partial charge in [-0.3, -0.25) is 4.79 Å². The van der Waals surface area contributed by atoms with Crippen LogP contribution in [0.1, 0.15) is 46.3 Å². The minimum Gasteiger partial charge on any atom is -0.373 e. The molecule has 1 saturated heterocycles. The van der Waals surface area contributed by atoms with Crippen molar-refractivity contribution < 1.29 is 4.79 Å². The molecular weight excluding hydrogens is 412 g/mol. The number of amides is 1. The molecule has 7 nitrogen and oxygen atoms in total. The van der Waals surface area contributed by atoms with E-state index in [0.717, 1.165) is 60.6 Å². The zero-order valence-corrected chi connectivity index (χ0v) is 18.7. The van der Waals surface area contributed by atoms with Crippen LogP contribution in [-0.4, -0.2) is 64.4 Å². The van der Waals surface area contributed by atoms with Crippen molar-refractivity contribution in [2.75, 3.05) is 39.0 Å². The smallest absolute Gasteiger partial charge is 0.270 e. The van der Waals surface area contributed by atoms with Gasteiger partial charge in [-0.25, -0.2) is 9.97 Å².